The number of halogens is 3. The van der Waals surface area contributed by atoms with Gasteiger partial charge in [0.25, 0.3) is 0 Å². The maximum atomic E-state index is 12.4. The normalized spacial score (nSPS) is 17.0. The molecule has 1 aliphatic rings. The third-order valence-electron chi connectivity index (χ3n) is 3.92. The second kappa shape index (κ2) is 8.13. The number of methoxy groups -OCH3 is 2. The maximum absolute atomic E-state index is 12.4. The van der Waals surface area contributed by atoms with E-state index in [2.05, 4.69) is 14.7 Å². The number of aromatic nitrogens is 2. The van der Waals surface area contributed by atoms with Crippen LogP contribution in [0.25, 0.3) is 0 Å². The van der Waals surface area contributed by atoms with Gasteiger partial charge < -0.3 is 19.1 Å². The predicted molar refractivity (Wildman–Crippen MR) is 94.0 cm³/mol. The highest BCUT2D eigenvalue weighted by atomic mass is 32.2. The van der Waals surface area contributed by atoms with E-state index in [1.807, 2.05) is 0 Å². The summed E-state index contributed by atoms with van der Waals surface area (Å²) in [6.45, 7) is 0.185. The predicted octanol–water partition coefficient (Wildman–Crippen LogP) is 3.17. The minimum atomic E-state index is -4.76. The number of benzene rings is 1. The molecule has 150 valence electrons. The quantitative estimate of drug-likeness (QED) is 0.718. The second-order valence-electron chi connectivity index (χ2n) is 5.68. The van der Waals surface area contributed by atoms with Crippen LogP contribution < -0.4 is 14.2 Å². The molecular formula is C17H16F3N3O4S. The Kier molecular flexibility index (Phi) is 5.82. The topological polar surface area (TPSA) is 73.8 Å². The summed E-state index contributed by atoms with van der Waals surface area (Å²) in [5.41, 5.74) is 1.17. The largest absolute Gasteiger partial charge is 0.573 e. The van der Waals surface area contributed by atoms with Crippen LogP contribution in [0.4, 0.5) is 13.2 Å². The molecule has 1 aromatic carbocycles. The number of thioether (sulfide) groups is 1. The first-order valence-electron chi connectivity index (χ1n) is 8.01. The van der Waals surface area contributed by atoms with Crippen molar-refractivity contribution in [3.8, 4) is 17.5 Å². The van der Waals surface area contributed by atoms with Gasteiger partial charge in [0.05, 0.1) is 20.0 Å². The minimum absolute atomic E-state index is 0.126. The molecule has 7 nitrogen and oxygen atoms in total. The third kappa shape index (κ3) is 4.41. The van der Waals surface area contributed by atoms with Crippen molar-refractivity contribution < 1.29 is 32.2 Å². The molecule has 1 aliphatic heterocycles. The van der Waals surface area contributed by atoms with E-state index in [0.717, 1.165) is 0 Å². The smallest absolute Gasteiger partial charge is 0.481 e. The summed E-state index contributed by atoms with van der Waals surface area (Å²) in [5, 5.41) is -0.454. The molecule has 11 heteroatoms. The first-order chi connectivity index (χ1) is 13.3. The fourth-order valence-electron chi connectivity index (χ4n) is 2.76. The summed E-state index contributed by atoms with van der Waals surface area (Å²) in [6, 6.07) is 5.37. The van der Waals surface area contributed by atoms with Crippen LogP contribution >= 0.6 is 11.8 Å². The highest BCUT2D eigenvalue weighted by Gasteiger charge is 2.38. The van der Waals surface area contributed by atoms with Crippen LogP contribution in [0.3, 0.4) is 0 Å². The van der Waals surface area contributed by atoms with E-state index < -0.39 is 11.7 Å². The first kappa shape index (κ1) is 20.1. The van der Waals surface area contributed by atoms with Crippen molar-refractivity contribution in [3.63, 3.8) is 0 Å². The Morgan fingerprint density at radius 1 is 1.14 bits per heavy atom. The van der Waals surface area contributed by atoms with Gasteiger partial charge in [-0.1, -0.05) is 12.1 Å². The van der Waals surface area contributed by atoms with Crippen molar-refractivity contribution in [3.05, 3.63) is 41.7 Å². The van der Waals surface area contributed by atoms with E-state index in [9.17, 15) is 18.0 Å². The molecule has 0 radical (unpaired) electrons. The average Bonchev–Trinajstić information content (AvgIpc) is 3.01. The molecule has 2 aromatic rings. The van der Waals surface area contributed by atoms with Gasteiger partial charge >= 0.3 is 6.36 Å². The van der Waals surface area contributed by atoms with Crippen LogP contribution in [-0.2, 0) is 11.3 Å². The van der Waals surface area contributed by atoms with Gasteiger partial charge in [0.2, 0.25) is 17.7 Å². The first-order valence-corrected chi connectivity index (χ1v) is 9.06. The molecule has 0 spiro atoms. The summed E-state index contributed by atoms with van der Waals surface area (Å²) in [6.07, 6.45) is -3.46. The molecule has 1 atom stereocenters. The minimum Gasteiger partial charge on any atom is -0.481 e. The van der Waals surface area contributed by atoms with Crippen LogP contribution in [0.15, 0.2) is 30.6 Å². The van der Waals surface area contributed by atoms with Gasteiger partial charge in [0, 0.05) is 6.54 Å². The molecule has 0 aliphatic carbocycles. The van der Waals surface area contributed by atoms with Crippen LogP contribution in [0.2, 0.25) is 0 Å². The van der Waals surface area contributed by atoms with Crippen molar-refractivity contribution in [2.45, 2.75) is 18.3 Å². The Labute approximate surface area is 162 Å². The SMILES string of the molecule is COc1ncnc(OC)c1C1SCC(=O)N1Cc1ccc(OC(F)(F)F)cc1. The molecular weight excluding hydrogens is 399 g/mol. The third-order valence-corrected chi connectivity index (χ3v) is 5.14. The van der Waals surface area contributed by atoms with Crippen molar-refractivity contribution >= 4 is 17.7 Å². The monoisotopic (exact) mass is 415 g/mol. The van der Waals surface area contributed by atoms with Crippen molar-refractivity contribution in [1.29, 1.82) is 0 Å². The number of ether oxygens (including phenoxy) is 3. The summed E-state index contributed by atoms with van der Waals surface area (Å²) >= 11 is 1.36. The molecule has 2 heterocycles. The average molecular weight is 415 g/mol. The molecule has 1 aromatic heterocycles. The maximum Gasteiger partial charge on any atom is 0.573 e. The molecule has 0 N–H and O–H groups in total. The summed E-state index contributed by atoms with van der Waals surface area (Å²) in [5.74, 6) is 0.366. The lowest BCUT2D eigenvalue weighted by Gasteiger charge is -2.25. The zero-order valence-electron chi connectivity index (χ0n) is 14.9. The number of amides is 1. The van der Waals surface area contributed by atoms with E-state index in [-0.39, 0.29) is 35.7 Å². The molecule has 0 bridgehead atoms. The Hall–Kier alpha value is -2.69. The van der Waals surface area contributed by atoms with Crippen LogP contribution in [-0.4, -0.2) is 47.1 Å². The van der Waals surface area contributed by atoms with E-state index in [1.54, 1.807) is 4.90 Å². The summed E-state index contributed by atoms with van der Waals surface area (Å²) in [7, 11) is 2.91. The molecule has 1 saturated heterocycles. The van der Waals surface area contributed by atoms with Gasteiger partial charge in [-0.2, -0.15) is 0 Å². The Balaban J connectivity index is 1.84. The van der Waals surface area contributed by atoms with Gasteiger partial charge in [0.1, 0.15) is 23.0 Å². The molecule has 1 unspecified atom stereocenters. The Bertz CT molecular complexity index is 826. The fourth-order valence-corrected chi connectivity index (χ4v) is 3.96. The lowest BCUT2D eigenvalue weighted by Crippen LogP contribution is -2.28. The van der Waals surface area contributed by atoms with Gasteiger partial charge in [-0.15, -0.1) is 24.9 Å². The van der Waals surface area contributed by atoms with E-state index in [1.165, 1.54) is 56.6 Å². The van der Waals surface area contributed by atoms with E-state index in [0.29, 0.717) is 11.1 Å². The highest BCUT2D eigenvalue weighted by Crippen LogP contribution is 2.45. The fraction of sp³-hybridized carbons (Fsp3) is 0.353. The Morgan fingerprint density at radius 3 is 2.29 bits per heavy atom. The van der Waals surface area contributed by atoms with Crippen LogP contribution in [0.1, 0.15) is 16.5 Å². The number of carbonyl (C=O) groups excluding carboxylic acids is 1. The number of hydrogen-bond acceptors (Lipinski definition) is 7. The molecule has 28 heavy (non-hydrogen) atoms. The van der Waals surface area contributed by atoms with Crippen molar-refractivity contribution in [1.82, 2.24) is 14.9 Å². The van der Waals surface area contributed by atoms with Crippen molar-refractivity contribution in [2.24, 2.45) is 0 Å². The Morgan fingerprint density at radius 2 is 1.75 bits per heavy atom. The number of alkyl halides is 3. The van der Waals surface area contributed by atoms with Gasteiger partial charge in [-0.25, -0.2) is 9.97 Å². The molecule has 1 fully saturated rings. The lowest BCUT2D eigenvalue weighted by atomic mass is 10.2. The number of carbonyl (C=O) groups is 1. The number of hydrogen-bond donors (Lipinski definition) is 0. The highest BCUT2D eigenvalue weighted by molar-refractivity contribution is 8.00. The molecule has 1 amide bonds. The standard InChI is InChI=1S/C17H16F3N3O4S/c1-25-14-13(15(26-2)22-9-21-14)16-23(12(24)8-28-16)7-10-3-5-11(6-4-10)27-17(18,19)20/h3-6,9,16H,7-8H2,1-2H3. The summed E-state index contributed by atoms with van der Waals surface area (Å²) in [4.78, 5) is 22.2. The number of nitrogens with zero attached hydrogens (tertiary/aromatic N) is 3. The van der Waals surface area contributed by atoms with Gasteiger partial charge in [0.15, 0.2) is 0 Å². The zero-order valence-corrected chi connectivity index (χ0v) is 15.7. The zero-order chi connectivity index (χ0) is 20.3. The van der Waals surface area contributed by atoms with E-state index >= 15 is 0 Å². The van der Waals surface area contributed by atoms with Gasteiger partial charge in [-0.05, 0) is 17.7 Å². The summed E-state index contributed by atoms with van der Waals surface area (Å²) < 4.78 is 51.3. The van der Waals surface area contributed by atoms with Crippen LogP contribution in [0.5, 0.6) is 17.5 Å². The molecule has 3 rings (SSSR count). The van der Waals surface area contributed by atoms with Crippen molar-refractivity contribution in [2.75, 3.05) is 20.0 Å². The lowest BCUT2D eigenvalue weighted by molar-refractivity contribution is -0.274. The molecule has 0 saturated carbocycles. The van der Waals surface area contributed by atoms with Gasteiger partial charge in [-0.3, -0.25) is 4.79 Å². The van der Waals surface area contributed by atoms with Crippen LogP contribution in [0, 0.1) is 0 Å². The second-order valence-corrected chi connectivity index (χ2v) is 6.75. The number of rotatable bonds is 6. The van der Waals surface area contributed by atoms with E-state index in [4.69, 9.17) is 9.47 Å².